The van der Waals surface area contributed by atoms with Crippen LogP contribution in [0.2, 0.25) is 0 Å². The number of aliphatic hydroxyl groups is 3. The van der Waals surface area contributed by atoms with E-state index in [1.54, 1.807) is 47.1 Å². The van der Waals surface area contributed by atoms with Gasteiger partial charge in [-0.25, -0.2) is 4.79 Å². The maximum atomic E-state index is 14.4. The zero-order valence-corrected chi connectivity index (χ0v) is 42.9. The Morgan fingerprint density at radius 1 is 0.986 bits per heavy atom. The lowest BCUT2D eigenvalue weighted by molar-refractivity contribution is -0.263. The van der Waals surface area contributed by atoms with Gasteiger partial charge in [0, 0.05) is 44.7 Å². The Morgan fingerprint density at radius 2 is 1.72 bits per heavy atom. The summed E-state index contributed by atoms with van der Waals surface area (Å²) in [6.45, 7) is 15.2. The number of rotatable bonds is 25. The minimum Gasteiger partial charge on any atom is -0.461 e. The number of nitrogens with one attached hydrogen (secondary N) is 1. The van der Waals surface area contributed by atoms with Crippen LogP contribution in [0.4, 0.5) is 5.69 Å². The summed E-state index contributed by atoms with van der Waals surface area (Å²) >= 11 is 0. The largest absolute Gasteiger partial charge is 0.461 e. The van der Waals surface area contributed by atoms with Gasteiger partial charge in [0.1, 0.15) is 30.6 Å². The lowest BCUT2D eigenvalue weighted by atomic mass is 9.78. The highest BCUT2D eigenvalue weighted by Crippen LogP contribution is 2.38. The van der Waals surface area contributed by atoms with E-state index in [9.17, 15) is 34.5 Å². The Balaban J connectivity index is 1.52. The average Bonchev–Trinajstić information content (AvgIpc) is 3.84. The number of esters is 1. The number of nitrogens with two attached hydrogens (primary N) is 1. The number of Topliss-reactive ketones (excluding diaryl/α,β-unsaturated/α-hetero) is 2. The second-order valence-electron chi connectivity index (χ2n) is 20.5. The SMILES string of the molecule is CO[C@@H]1CC(C[C@@H](C)[C@H](CC[C@H](N)/C=C(\C)[C@@H](O)[C@@H](OC)C(=O)C(C)C)OC(=O)[C@@H]2CCCCN2C(=O)C(=O)[C@]2(O)OC(CC(Nc3cnoc3)/C(C)=C/C=C/C=C/C(C)C)CC[C@H]2C)CC[C@H]1O. The smallest absolute Gasteiger partial charge is 0.329 e. The minimum absolute atomic E-state index is 0.120. The lowest BCUT2D eigenvalue weighted by Crippen LogP contribution is -2.61. The third-order valence-electron chi connectivity index (χ3n) is 14.3. The van der Waals surface area contributed by atoms with Gasteiger partial charge in [-0.15, -0.1) is 0 Å². The number of anilines is 1. The maximum absolute atomic E-state index is 14.4. The van der Waals surface area contributed by atoms with E-state index in [0.29, 0.717) is 81.4 Å². The quantitative estimate of drug-likeness (QED) is 0.0294. The van der Waals surface area contributed by atoms with E-state index >= 15 is 0 Å². The number of piperidine rings is 1. The molecule has 13 atom stereocenters. The molecule has 0 spiro atoms. The van der Waals surface area contributed by atoms with Crippen LogP contribution in [0, 0.1) is 29.6 Å². The number of likely N-dealkylation sites (tertiary alicyclic amines) is 1. The second-order valence-corrected chi connectivity index (χ2v) is 20.5. The number of allylic oxidation sites excluding steroid dienone is 5. The Labute approximate surface area is 410 Å². The monoisotopic (exact) mass is 969 g/mol. The molecule has 1 aromatic rings. The fourth-order valence-corrected chi connectivity index (χ4v) is 9.85. The number of nitrogens with zero attached hydrogens (tertiary/aromatic N) is 2. The summed E-state index contributed by atoms with van der Waals surface area (Å²) < 4.78 is 28.7. The van der Waals surface area contributed by atoms with Crippen molar-refractivity contribution in [2.75, 3.05) is 26.1 Å². The second kappa shape index (κ2) is 27.5. The van der Waals surface area contributed by atoms with E-state index in [1.807, 2.05) is 38.2 Å². The number of carbonyl (C=O) groups is 4. The molecule has 2 saturated heterocycles. The van der Waals surface area contributed by atoms with Crippen LogP contribution in [0.3, 0.4) is 0 Å². The lowest BCUT2D eigenvalue weighted by Gasteiger charge is -2.43. The summed E-state index contributed by atoms with van der Waals surface area (Å²) in [6.07, 6.45) is 16.5. The van der Waals surface area contributed by atoms with Gasteiger partial charge < -0.3 is 54.7 Å². The summed E-state index contributed by atoms with van der Waals surface area (Å²) in [4.78, 5) is 57.2. The molecule has 4 rings (SSSR count). The van der Waals surface area contributed by atoms with Gasteiger partial charge in [-0.2, -0.15) is 0 Å². The Bertz CT molecular complexity index is 1910. The van der Waals surface area contributed by atoms with Crippen LogP contribution in [-0.4, -0.2) is 130 Å². The van der Waals surface area contributed by atoms with Crippen molar-refractivity contribution in [1.29, 1.82) is 0 Å². The molecule has 2 aliphatic heterocycles. The van der Waals surface area contributed by atoms with E-state index in [-0.39, 0.29) is 48.6 Å². The number of ether oxygens (including phenoxy) is 4. The van der Waals surface area contributed by atoms with Crippen molar-refractivity contribution in [3.63, 3.8) is 0 Å². The summed E-state index contributed by atoms with van der Waals surface area (Å²) in [5.41, 5.74) is 8.70. The van der Waals surface area contributed by atoms with Gasteiger partial charge in [-0.1, -0.05) is 88.7 Å². The summed E-state index contributed by atoms with van der Waals surface area (Å²) in [6, 6.07) is -1.95. The fourth-order valence-electron chi connectivity index (χ4n) is 9.85. The molecule has 0 bridgehead atoms. The first-order chi connectivity index (χ1) is 32.7. The van der Waals surface area contributed by atoms with Crippen LogP contribution in [-0.2, 0) is 38.1 Å². The van der Waals surface area contributed by atoms with Crippen molar-refractivity contribution in [3.8, 4) is 0 Å². The van der Waals surface area contributed by atoms with E-state index in [1.165, 1.54) is 18.3 Å². The zero-order valence-electron chi connectivity index (χ0n) is 42.9. The van der Waals surface area contributed by atoms with Gasteiger partial charge in [0.15, 0.2) is 5.78 Å². The molecular formula is C53H84N4O12. The Kier molecular flexibility index (Phi) is 23.0. The standard InChI is InChI=1S/C53H84N4O12/c1-32(2)16-12-11-13-17-34(5)42(56-40-30-55-67-31-40)29-41-22-19-37(8)53(64,69-41)50(61)51(62)57-25-15-14-18-43(57)52(63)68-45(35(6)26-38-20-23-44(58)46(28-38)65-9)24-21-39(54)27-36(7)48(60)49(66-10)47(59)33(3)4/h11-13,16-17,27,30-33,35,37-39,41-46,48-49,56,58,60,64H,14-15,18-26,28-29,54H2,1-10H3/b13-11+,16-12+,34-17+,36-27+/t35-,37-,38?,39+,41?,42?,43+,44-,45+,46-,48-,49+,53-/m1/s1. The van der Waals surface area contributed by atoms with Gasteiger partial charge in [0.2, 0.25) is 5.79 Å². The average molecular weight is 969 g/mol. The molecule has 3 heterocycles. The molecule has 1 aliphatic carbocycles. The minimum atomic E-state index is -2.43. The molecule has 0 aromatic carbocycles. The molecule has 3 unspecified atom stereocenters. The first kappa shape index (κ1) is 57.5. The third-order valence-corrected chi connectivity index (χ3v) is 14.3. The molecule has 6 N–H and O–H groups in total. The number of aliphatic hydroxyl groups excluding tert-OH is 2. The van der Waals surface area contributed by atoms with E-state index in [2.05, 4.69) is 30.4 Å². The first-order valence-electron chi connectivity index (χ1n) is 25.2. The van der Waals surface area contributed by atoms with E-state index in [0.717, 1.165) is 12.0 Å². The van der Waals surface area contributed by atoms with E-state index < -0.39 is 72.0 Å². The molecule has 388 valence electrons. The van der Waals surface area contributed by atoms with Crippen molar-refractivity contribution in [2.24, 2.45) is 35.3 Å². The topological polar surface area (TPSA) is 233 Å². The molecule has 1 aromatic heterocycles. The number of ketones is 2. The van der Waals surface area contributed by atoms with Crippen molar-refractivity contribution in [3.05, 3.63) is 60.1 Å². The summed E-state index contributed by atoms with van der Waals surface area (Å²) in [7, 11) is 2.97. The molecule has 0 radical (unpaired) electrons. The van der Waals surface area contributed by atoms with Gasteiger partial charge in [-0.3, -0.25) is 14.4 Å². The molecule has 3 aliphatic rings. The molecule has 16 nitrogen and oxygen atoms in total. The van der Waals surface area contributed by atoms with Crippen LogP contribution in [0.5, 0.6) is 0 Å². The Morgan fingerprint density at radius 3 is 2.38 bits per heavy atom. The number of carbonyl (C=O) groups excluding carboxylic acids is 4. The van der Waals surface area contributed by atoms with Gasteiger partial charge in [0.05, 0.1) is 30.2 Å². The highest BCUT2D eigenvalue weighted by molar-refractivity contribution is 6.39. The molecule has 69 heavy (non-hydrogen) atoms. The molecule has 1 amide bonds. The van der Waals surface area contributed by atoms with Crippen LogP contribution in [0.1, 0.15) is 132 Å². The van der Waals surface area contributed by atoms with Crippen LogP contribution in [0.15, 0.2) is 64.6 Å². The molecule has 3 fully saturated rings. The van der Waals surface area contributed by atoms with Gasteiger partial charge in [-0.05, 0) is 114 Å². The van der Waals surface area contributed by atoms with Crippen molar-refractivity contribution in [1.82, 2.24) is 10.1 Å². The number of hydrogen-bond donors (Lipinski definition) is 5. The summed E-state index contributed by atoms with van der Waals surface area (Å²) in [5.74, 6) is -6.03. The zero-order chi connectivity index (χ0) is 51.0. The molecular weight excluding hydrogens is 885 g/mol. The third kappa shape index (κ3) is 16.5. The van der Waals surface area contributed by atoms with Crippen LogP contribution < -0.4 is 11.1 Å². The van der Waals surface area contributed by atoms with Gasteiger partial charge in [0.25, 0.3) is 11.7 Å². The highest BCUT2D eigenvalue weighted by atomic mass is 16.6. The Hall–Kier alpha value is -4.03. The van der Waals surface area contributed by atoms with Crippen molar-refractivity contribution in [2.45, 2.75) is 193 Å². The number of methoxy groups -OCH3 is 2. The summed E-state index contributed by atoms with van der Waals surface area (Å²) in [5, 5.41) is 40.9. The predicted octanol–water partition coefficient (Wildman–Crippen LogP) is 6.78. The highest BCUT2D eigenvalue weighted by Gasteiger charge is 2.53. The number of aromatic nitrogens is 1. The van der Waals surface area contributed by atoms with Crippen LogP contribution in [0.25, 0.3) is 0 Å². The number of hydrogen-bond acceptors (Lipinski definition) is 15. The van der Waals surface area contributed by atoms with Crippen molar-refractivity contribution < 1.29 is 58.0 Å². The normalized spacial score (nSPS) is 27.9. The van der Waals surface area contributed by atoms with E-state index in [4.69, 9.17) is 29.2 Å². The molecule has 16 heteroatoms. The fraction of sp³-hybridized carbons (Fsp3) is 0.717. The van der Waals surface area contributed by atoms with Gasteiger partial charge >= 0.3 is 5.97 Å². The molecule has 1 saturated carbocycles. The first-order valence-corrected chi connectivity index (χ1v) is 25.2. The van der Waals surface area contributed by atoms with Crippen LogP contribution >= 0.6 is 0 Å². The van der Waals surface area contributed by atoms with Crippen molar-refractivity contribution >= 4 is 29.1 Å². The number of amides is 1. The maximum Gasteiger partial charge on any atom is 0.329 e. The predicted molar refractivity (Wildman–Crippen MR) is 263 cm³/mol.